The molecule has 0 aliphatic rings. The van der Waals surface area contributed by atoms with Crippen molar-refractivity contribution in [3.05, 3.63) is 35.3 Å². The quantitative estimate of drug-likeness (QED) is 0.497. The molecule has 5 nitrogen and oxygen atoms in total. The van der Waals surface area contributed by atoms with Crippen molar-refractivity contribution < 1.29 is 13.5 Å². The number of phenolic OH excluding ortho intramolecular Hbond substituents is 1. The lowest BCUT2D eigenvalue weighted by Gasteiger charge is -2.05. The van der Waals surface area contributed by atoms with Crippen LogP contribution in [0.3, 0.4) is 0 Å². The molecule has 92 valence electrons. The number of halogens is 1. The van der Waals surface area contributed by atoms with E-state index in [0.717, 1.165) is 0 Å². The van der Waals surface area contributed by atoms with Crippen LogP contribution in [-0.4, -0.2) is 17.3 Å². The van der Waals surface area contributed by atoms with E-state index >= 15 is 0 Å². The SMILES string of the molecule is N#[N+]c1ccc2c(S(=O)(=O)CI)cccc2c1O. The molecule has 0 amide bonds. The number of phenols is 1. The number of fused-ring (bicyclic) bond motifs is 1. The summed E-state index contributed by atoms with van der Waals surface area (Å²) >= 11 is 1.78. The van der Waals surface area contributed by atoms with E-state index in [9.17, 15) is 13.5 Å². The van der Waals surface area contributed by atoms with Gasteiger partial charge in [-0.15, -0.1) is 0 Å². The highest BCUT2D eigenvalue weighted by molar-refractivity contribution is 14.1. The normalized spacial score (nSPS) is 11.3. The molecule has 1 N–H and O–H groups in total. The summed E-state index contributed by atoms with van der Waals surface area (Å²) in [6.45, 7) is 0. The third-order valence-electron chi connectivity index (χ3n) is 2.56. The van der Waals surface area contributed by atoms with Gasteiger partial charge in [-0.05, 0) is 12.1 Å². The fourth-order valence-electron chi connectivity index (χ4n) is 1.71. The van der Waals surface area contributed by atoms with Crippen molar-refractivity contribution in [3.8, 4) is 5.75 Å². The predicted molar refractivity (Wildman–Crippen MR) is 76.4 cm³/mol. The molecule has 0 atom stereocenters. The molecule has 0 spiro atoms. The van der Waals surface area contributed by atoms with Crippen LogP contribution in [0.4, 0.5) is 5.69 Å². The van der Waals surface area contributed by atoms with E-state index in [-0.39, 0.29) is 20.1 Å². The molecule has 0 radical (unpaired) electrons. The summed E-state index contributed by atoms with van der Waals surface area (Å²) < 4.78 is 23.8. The largest absolute Gasteiger partial charge is 0.501 e. The molecule has 0 fully saturated rings. The van der Waals surface area contributed by atoms with Crippen LogP contribution in [0.25, 0.3) is 15.7 Å². The van der Waals surface area contributed by atoms with Crippen molar-refractivity contribution in [3.63, 3.8) is 0 Å². The van der Waals surface area contributed by atoms with Gasteiger partial charge in [0.25, 0.3) is 0 Å². The zero-order valence-electron chi connectivity index (χ0n) is 9.04. The van der Waals surface area contributed by atoms with Gasteiger partial charge < -0.3 is 5.11 Å². The molecule has 0 unspecified atom stereocenters. The van der Waals surface area contributed by atoms with E-state index in [1.54, 1.807) is 34.7 Å². The highest BCUT2D eigenvalue weighted by Gasteiger charge is 2.21. The first-order valence-corrected chi connectivity index (χ1v) is 8.07. The van der Waals surface area contributed by atoms with E-state index in [4.69, 9.17) is 5.39 Å². The molecule has 0 aromatic heterocycles. The van der Waals surface area contributed by atoms with Crippen molar-refractivity contribution in [2.24, 2.45) is 0 Å². The summed E-state index contributed by atoms with van der Waals surface area (Å²) in [4.78, 5) is 3.09. The van der Waals surface area contributed by atoms with Gasteiger partial charge in [0, 0.05) is 16.8 Å². The van der Waals surface area contributed by atoms with Crippen molar-refractivity contribution in [2.75, 3.05) is 3.76 Å². The van der Waals surface area contributed by atoms with Crippen LogP contribution >= 0.6 is 22.6 Å². The van der Waals surface area contributed by atoms with E-state index in [2.05, 4.69) is 4.98 Å². The van der Waals surface area contributed by atoms with E-state index in [1.807, 2.05) is 0 Å². The average molecular weight is 375 g/mol. The second-order valence-corrected chi connectivity index (χ2v) is 7.36. The third-order valence-corrected chi connectivity index (χ3v) is 6.33. The molecule has 0 heterocycles. The molecule has 0 bridgehead atoms. The number of diazo groups is 1. The lowest BCUT2D eigenvalue weighted by molar-refractivity contribution is 0.484. The predicted octanol–water partition coefficient (Wildman–Crippen LogP) is 3.20. The van der Waals surface area contributed by atoms with Crippen molar-refractivity contribution >= 4 is 48.9 Å². The van der Waals surface area contributed by atoms with Crippen LogP contribution in [-0.2, 0) is 9.84 Å². The second-order valence-electron chi connectivity index (χ2n) is 3.61. The average Bonchev–Trinajstić information content (AvgIpc) is 2.39. The number of hydrogen-bond acceptors (Lipinski definition) is 4. The number of hydrogen-bond donors (Lipinski definition) is 1. The third kappa shape index (κ3) is 2.02. The maximum absolute atomic E-state index is 11.9. The Hall–Kier alpha value is -1.40. The van der Waals surface area contributed by atoms with Gasteiger partial charge >= 0.3 is 5.69 Å². The van der Waals surface area contributed by atoms with Gasteiger partial charge in [0.15, 0.2) is 14.8 Å². The molecule has 18 heavy (non-hydrogen) atoms. The maximum Gasteiger partial charge on any atom is 0.426 e. The maximum atomic E-state index is 11.9. The number of alkyl halides is 1. The topological polar surface area (TPSA) is 82.5 Å². The van der Waals surface area contributed by atoms with E-state index in [1.165, 1.54) is 18.2 Å². The summed E-state index contributed by atoms with van der Waals surface area (Å²) in [5.74, 6) is -0.236. The Kier molecular flexibility index (Phi) is 3.41. The van der Waals surface area contributed by atoms with Crippen molar-refractivity contribution in [2.45, 2.75) is 4.90 Å². The fraction of sp³-hybridized carbons (Fsp3) is 0.0909. The molecule has 2 aromatic rings. The number of nitrogens with zero attached hydrogens (tertiary/aromatic N) is 2. The second kappa shape index (κ2) is 4.70. The number of sulfone groups is 1. The minimum atomic E-state index is -3.38. The minimum Gasteiger partial charge on any atom is -0.501 e. The smallest absolute Gasteiger partial charge is 0.426 e. The summed E-state index contributed by atoms with van der Waals surface area (Å²) in [6.07, 6.45) is 0. The standard InChI is InChI=1S/C11H7IN2O3S/c12-6-18(16,17)10-3-1-2-8-7(10)4-5-9(14-13)11(8)15/h1-5H,6H2/p+1. The van der Waals surface area contributed by atoms with Crippen LogP contribution in [0, 0.1) is 5.39 Å². The Morgan fingerprint density at radius 1 is 1.22 bits per heavy atom. The zero-order chi connectivity index (χ0) is 13.3. The molecule has 2 aromatic carbocycles. The van der Waals surface area contributed by atoms with Crippen molar-refractivity contribution in [1.82, 2.24) is 0 Å². The summed E-state index contributed by atoms with van der Waals surface area (Å²) in [5.41, 5.74) is 0.00604. The lowest BCUT2D eigenvalue weighted by Crippen LogP contribution is -2.02. The zero-order valence-corrected chi connectivity index (χ0v) is 12.0. The van der Waals surface area contributed by atoms with Gasteiger partial charge in [-0.3, -0.25) is 0 Å². The Morgan fingerprint density at radius 2 is 1.94 bits per heavy atom. The molecule has 0 saturated heterocycles. The van der Waals surface area contributed by atoms with Gasteiger partial charge in [0.2, 0.25) is 11.1 Å². The number of aromatic hydroxyl groups is 1. The molecule has 0 aliphatic heterocycles. The Labute approximate surface area is 117 Å². The summed E-state index contributed by atoms with van der Waals surface area (Å²) in [5, 5.41) is 19.3. The fourth-order valence-corrected chi connectivity index (χ4v) is 3.64. The number of rotatable bonds is 2. The van der Waals surface area contributed by atoms with Crippen LogP contribution in [0.15, 0.2) is 35.2 Å². The van der Waals surface area contributed by atoms with Gasteiger partial charge in [-0.1, -0.05) is 34.7 Å². The molecule has 0 saturated carbocycles. The first-order valence-electron chi connectivity index (χ1n) is 4.90. The molecule has 2 rings (SSSR count). The lowest BCUT2D eigenvalue weighted by atomic mass is 10.1. The highest BCUT2D eigenvalue weighted by atomic mass is 127. The van der Waals surface area contributed by atoms with Crippen LogP contribution in [0.5, 0.6) is 5.75 Å². The monoisotopic (exact) mass is 375 g/mol. The molecular weight excluding hydrogens is 367 g/mol. The van der Waals surface area contributed by atoms with E-state index < -0.39 is 9.84 Å². The van der Waals surface area contributed by atoms with Crippen LogP contribution in [0.1, 0.15) is 0 Å². The van der Waals surface area contributed by atoms with Crippen molar-refractivity contribution in [1.29, 1.82) is 5.39 Å². The molecule has 0 aliphatic carbocycles. The first kappa shape index (κ1) is 13.0. The number of benzene rings is 2. The van der Waals surface area contributed by atoms with Gasteiger partial charge in [-0.25, -0.2) is 8.42 Å². The Balaban J connectivity index is 2.90. The highest BCUT2D eigenvalue weighted by Crippen LogP contribution is 2.37. The Morgan fingerprint density at radius 3 is 2.56 bits per heavy atom. The van der Waals surface area contributed by atoms with Gasteiger partial charge in [0.05, 0.1) is 4.90 Å². The Bertz CT molecular complexity index is 766. The minimum absolute atomic E-state index is 0.00604. The van der Waals surface area contributed by atoms with Crippen LogP contribution in [0.2, 0.25) is 0 Å². The molecule has 7 heteroatoms. The summed E-state index contributed by atoms with van der Waals surface area (Å²) in [7, 11) is -3.38. The van der Waals surface area contributed by atoms with Gasteiger partial charge in [0.1, 0.15) is 3.76 Å². The first-order chi connectivity index (χ1) is 8.51. The van der Waals surface area contributed by atoms with E-state index in [0.29, 0.717) is 10.8 Å². The van der Waals surface area contributed by atoms with Gasteiger partial charge in [-0.2, -0.15) is 0 Å². The van der Waals surface area contributed by atoms with Crippen LogP contribution < -0.4 is 0 Å². The molecular formula is C11H8IN2O3S+. The summed E-state index contributed by atoms with van der Waals surface area (Å²) in [6, 6.07) is 7.49.